The first-order valence-electron chi connectivity index (χ1n) is 5.58. The maximum absolute atomic E-state index is 12.3. The van der Waals surface area contributed by atoms with E-state index in [9.17, 15) is 18.0 Å². The van der Waals surface area contributed by atoms with E-state index in [4.69, 9.17) is 5.11 Å². The van der Waals surface area contributed by atoms with Crippen LogP contribution in [0.5, 0.6) is 0 Å². The molecule has 0 aliphatic carbocycles. The highest BCUT2D eigenvalue weighted by molar-refractivity contribution is 5.92. The fraction of sp³-hybridized carbons (Fsp3) is 0.500. The second-order valence-electron chi connectivity index (χ2n) is 4.93. The van der Waals surface area contributed by atoms with Gasteiger partial charge in [-0.3, -0.25) is 9.78 Å². The molecule has 1 amide bonds. The number of aliphatic hydroxyl groups excluding tert-OH is 1. The Kier molecular flexibility index (Phi) is 4.52. The lowest BCUT2D eigenvalue weighted by atomic mass is 9.95. The molecule has 1 aromatic rings. The van der Waals surface area contributed by atoms with Crippen molar-refractivity contribution in [1.82, 2.24) is 10.3 Å². The Morgan fingerprint density at radius 3 is 2.42 bits per heavy atom. The van der Waals surface area contributed by atoms with E-state index in [0.29, 0.717) is 6.20 Å². The van der Waals surface area contributed by atoms with Crippen molar-refractivity contribution >= 4 is 5.91 Å². The number of aromatic nitrogens is 1. The SMILES string of the molecule is CC(C)(CO)CNC(=O)c1ccc(C(F)(F)F)cn1. The first kappa shape index (κ1) is 15.4. The van der Waals surface area contributed by atoms with E-state index >= 15 is 0 Å². The molecule has 2 N–H and O–H groups in total. The van der Waals surface area contributed by atoms with Gasteiger partial charge in [0, 0.05) is 24.8 Å². The zero-order valence-electron chi connectivity index (χ0n) is 10.6. The van der Waals surface area contributed by atoms with Gasteiger partial charge in [0.1, 0.15) is 5.69 Å². The monoisotopic (exact) mass is 276 g/mol. The van der Waals surface area contributed by atoms with Crippen LogP contribution in [0.2, 0.25) is 0 Å². The maximum atomic E-state index is 12.3. The average Bonchev–Trinajstić information content (AvgIpc) is 2.35. The van der Waals surface area contributed by atoms with Crippen LogP contribution in [0.25, 0.3) is 0 Å². The van der Waals surface area contributed by atoms with Gasteiger partial charge in [0.15, 0.2) is 0 Å². The maximum Gasteiger partial charge on any atom is 0.417 e. The molecule has 7 heteroatoms. The largest absolute Gasteiger partial charge is 0.417 e. The van der Waals surface area contributed by atoms with E-state index in [1.165, 1.54) is 0 Å². The highest BCUT2D eigenvalue weighted by Gasteiger charge is 2.31. The standard InChI is InChI=1S/C12H15F3N2O2/c1-11(2,7-18)6-17-10(19)9-4-3-8(5-16-9)12(13,14)15/h3-5,18H,6-7H2,1-2H3,(H,17,19). The van der Waals surface area contributed by atoms with Gasteiger partial charge in [0.2, 0.25) is 0 Å². The van der Waals surface area contributed by atoms with E-state index in [0.717, 1.165) is 12.1 Å². The quantitative estimate of drug-likeness (QED) is 0.882. The molecule has 1 heterocycles. The van der Waals surface area contributed by atoms with E-state index in [1.54, 1.807) is 13.8 Å². The first-order chi connectivity index (χ1) is 8.65. The van der Waals surface area contributed by atoms with Crippen LogP contribution >= 0.6 is 0 Å². The number of amides is 1. The number of alkyl halides is 3. The molecule has 4 nitrogen and oxygen atoms in total. The molecule has 0 radical (unpaired) electrons. The Bertz CT molecular complexity index is 441. The van der Waals surface area contributed by atoms with E-state index in [1.807, 2.05) is 0 Å². The molecule has 19 heavy (non-hydrogen) atoms. The minimum Gasteiger partial charge on any atom is -0.396 e. The van der Waals surface area contributed by atoms with Crippen LogP contribution in [-0.2, 0) is 6.18 Å². The van der Waals surface area contributed by atoms with Crippen molar-refractivity contribution in [2.24, 2.45) is 5.41 Å². The second-order valence-corrected chi connectivity index (χ2v) is 4.93. The smallest absolute Gasteiger partial charge is 0.396 e. The number of aliphatic hydroxyl groups is 1. The summed E-state index contributed by atoms with van der Waals surface area (Å²) in [4.78, 5) is 15.1. The van der Waals surface area contributed by atoms with Crippen molar-refractivity contribution in [3.63, 3.8) is 0 Å². The van der Waals surface area contributed by atoms with E-state index < -0.39 is 23.1 Å². The topological polar surface area (TPSA) is 62.2 Å². The molecule has 1 rings (SSSR count). The van der Waals surface area contributed by atoms with Gasteiger partial charge in [-0.05, 0) is 12.1 Å². The number of nitrogens with one attached hydrogen (secondary N) is 1. The van der Waals surface area contributed by atoms with Crippen molar-refractivity contribution in [3.8, 4) is 0 Å². The fourth-order valence-corrected chi connectivity index (χ4v) is 1.16. The summed E-state index contributed by atoms with van der Waals surface area (Å²) in [7, 11) is 0. The highest BCUT2D eigenvalue weighted by atomic mass is 19.4. The van der Waals surface area contributed by atoms with E-state index in [2.05, 4.69) is 10.3 Å². The summed E-state index contributed by atoms with van der Waals surface area (Å²) >= 11 is 0. The van der Waals surface area contributed by atoms with Crippen LogP contribution in [0, 0.1) is 5.41 Å². The molecule has 0 atom stereocenters. The third-order valence-corrected chi connectivity index (χ3v) is 2.48. The summed E-state index contributed by atoms with van der Waals surface area (Å²) in [6, 6.07) is 1.82. The van der Waals surface area contributed by atoms with Gasteiger partial charge in [-0.15, -0.1) is 0 Å². The van der Waals surface area contributed by atoms with Crippen LogP contribution < -0.4 is 5.32 Å². The van der Waals surface area contributed by atoms with E-state index in [-0.39, 0.29) is 18.8 Å². The summed E-state index contributed by atoms with van der Waals surface area (Å²) in [6.45, 7) is 3.57. The molecular formula is C12H15F3N2O2. The van der Waals surface area contributed by atoms with Crippen LogP contribution in [-0.4, -0.2) is 29.1 Å². The minimum absolute atomic E-state index is 0.0956. The molecule has 0 aliphatic heterocycles. The fourth-order valence-electron chi connectivity index (χ4n) is 1.16. The third-order valence-electron chi connectivity index (χ3n) is 2.48. The number of pyridine rings is 1. The number of carbonyl (C=O) groups excluding carboxylic acids is 1. The molecule has 0 fully saturated rings. The molecular weight excluding hydrogens is 261 g/mol. The summed E-state index contributed by atoms with van der Waals surface area (Å²) in [5.41, 5.74) is -1.50. The lowest BCUT2D eigenvalue weighted by Gasteiger charge is -2.21. The molecule has 0 unspecified atom stereocenters. The van der Waals surface area contributed by atoms with Crippen LogP contribution in [0.1, 0.15) is 29.9 Å². The second kappa shape index (κ2) is 5.56. The van der Waals surface area contributed by atoms with Crippen LogP contribution in [0.4, 0.5) is 13.2 Å². The van der Waals surface area contributed by atoms with Gasteiger partial charge in [0.05, 0.1) is 5.56 Å². The highest BCUT2D eigenvalue weighted by Crippen LogP contribution is 2.28. The Balaban J connectivity index is 2.69. The van der Waals surface area contributed by atoms with Gasteiger partial charge in [-0.1, -0.05) is 13.8 Å². The molecule has 106 valence electrons. The number of carbonyl (C=O) groups is 1. The summed E-state index contributed by atoms with van der Waals surface area (Å²) in [6.07, 6.45) is -3.85. The molecule has 0 bridgehead atoms. The zero-order chi connectivity index (χ0) is 14.7. The molecule has 0 aliphatic rings. The third kappa shape index (κ3) is 4.51. The predicted octanol–water partition coefficient (Wildman–Crippen LogP) is 1.85. The van der Waals surface area contributed by atoms with Crippen molar-refractivity contribution in [2.75, 3.05) is 13.2 Å². The molecule has 0 spiro atoms. The molecule has 0 saturated carbocycles. The summed E-state index contributed by atoms with van der Waals surface area (Å²) in [5.74, 6) is -0.574. The number of nitrogens with zero attached hydrogens (tertiary/aromatic N) is 1. The van der Waals surface area contributed by atoms with Gasteiger partial charge in [-0.2, -0.15) is 13.2 Å². The van der Waals surface area contributed by atoms with Crippen molar-refractivity contribution in [1.29, 1.82) is 0 Å². The van der Waals surface area contributed by atoms with Gasteiger partial charge in [0.25, 0.3) is 5.91 Å². The molecule has 0 aromatic carbocycles. The van der Waals surface area contributed by atoms with Crippen LogP contribution in [0.15, 0.2) is 18.3 Å². The first-order valence-corrected chi connectivity index (χ1v) is 5.58. The lowest BCUT2D eigenvalue weighted by Crippen LogP contribution is -2.36. The average molecular weight is 276 g/mol. The van der Waals surface area contributed by atoms with Gasteiger partial charge >= 0.3 is 6.18 Å². The predicted molar refractivity (Wildman–Crippen MR) is 62.4 cm³/mol. The van der Waals surface area contributed by atoms with Crippen molar-refractivity contribution < 1.29 is 23.1 Å². The Hall–Kier alpha value is -1.63. The lowest BCUT2D eigenvalue weighted by molar-refractivity contribution is -0.137. The van der Waals surface area contributed by atoms with Crippen molar-refractivity contribution in [2.45, 2.75) is 20.0 Å². The van der Waals surface area contributed by atoms with Crippen LogP contribution in [0.3, 0.4) is 0 Å². The Morgan fingerprint density at radius 1 is 1.37 bits per heavy atom. The summed E-state index contributed by atoms with van der Waals surface area (Å²) in [5, 5.41) is 11.5. The normalized spacial score (nSPS) is 12.3. The summed E-state index contributed by atoms with van der Waals surface area (Å²) < 4.78 is 36.9. The number of hydrogen-bond donors (Lipinski definition) is 2. The van der Waals surface area contributed by atoms with Gasteiger partial charge in [-0.25, -0.2) is 0 Å². The number of halogens is 3. The number of rotatable bonds is 4. The number of hydrogen-bond acceptors (Lipinski definition) is 3. The van der Waals surface area contributed by atoms with Gasteiger partial charge < -0.3 is 10.4 Å². The zero-order valence-corrected chi connectivity index (χ0v) is 10.6. The minimum atomic E-state index is -4.47. The Labute approximate surface area is 108 Å². The van der Waals surface area contributed by atoms with Crippen molar-refractivity contribution in [3.05, 3.63) is 29.6 Å². The Morgan fingerprint density at radius 2 is 2.00 bits per heavy atom. The molecule has 0 saturated heterocycles. The molecule has 1 aromatic heterocycles.